The molecular formula is C25H23N3O3. The quantitative estimate of drug-likeness (QED) is 0.540. The van der Waals surface area contributed by atoms with E-state index in [9.17, 15) is 4.79 Å². The average molecular weight is 413 g/mol. The number of aromatic amines is 1. The first kappa shape index (κ1) is 19.2. The minimum atomic E-state index is -0.245. The molecule has 0 bridgehead atoms. The summed E-state index contributed by atoms with van der Waals surface area (Å²) in [5.41, 5.74) is 4.94. The molecule has 6 nitrogen and oxygen atoms in total. The van der Waals surface area contributed by atoms with Crippen LogP contribution in [0.3, 0.4) is 0 Å². The van der Waals surface area contributed by atoms with E-state index in [0.29, 0.717) is 23.6 Å². The summed E-state index contributed by atoms with van der Waals surface area (Å²) in [6.07, 6.45) is 4.37. The van der Waals surface area contributed by atoms with E-state index in [1.54, 1.807) is 38.6 Å². The van der Waals surface area contributed by atoms with Crippen molar-refractivity contribution in [2.24, 2.45) is 0 Å². The molecule has 1 amide bonds. The lowest BCUT2D eigenvalue weighted by Gasteiger charge is -2.36. The topological polar surface area (TPSA) is 67.5 Å². The Morgan fingerprint density at radius 2 is 1.90 bits per heavy atom. The molecule has 0 fully saturated rings. The van der Waals surface area contributed by atoms with Crippen LogP contribution < -0.4 is 9.47 Å². The molecule has 0 spiro atoms. The van der Waals surface area contributed by atoms with Gasteiger partial charge in [-0.3, -0.25) is 9.78 Å². The molecule has 0 unspecified atom stereocenters. The van der Waals surface area contributed by atoms with E-state index in [-0.39, 0.29) is 11.9 Å². The van der Waals surface area contributed by atoms with Crippen molar-refractivity contribution in [1.82, 2.24) is 14.9 Å². The predicted molar refractivity (Wildman–Crippen MR) is 119 cm³/mol. The lowest BCUT2D eigenvalue weighted by Crippen LogP contribution is -2.40. The van der Waals surface area contributed by atoms with E-state index in [1.165, 1.54) is 10.9 Å². The summed E-state index contributed by atoms with van der Waals surface area (Å²) >= 11 is 0. The van der Waals surface area contributed by atoms with Crippen LogP contribution in [0, 0.1) is 0 Å². The summed E-state index contributed by atoms with van der Waals surface area (Å²) in [5, 5.41) is 1.21. The van der Waals surface area contributed by atoms with Crippen molar-refractivity contribution in [1.29, 1.82) is 0 Å². The molecule has 0 saturated heterocycles. The number of para-hydroxylation sites is 1. The molecule has 4 aromatic rings. The second-order valence-corrected chi connectivity index (χ2v) is 7.57. The highest BCUT2D eigenvalue weighted by Gasteiger charge is 2.35. The maximum absolute atomic E-state index is 13.7. The Balaban J connectivity index is 1.62. The van der Waals surface area contributed by atoms with Gasteiger partial charge in [-0.15, -0.1) is 0 Å². The number of H-pyrrole nitrogens is 1. The summed E-state index contributed by atoms with van der Waals surface area (Å²) in [6, 6.07) is 17.3. The Labute approximate surface area is 180 Å². The first-order chi connectivity index (χ1) is 15.2. The number of nitrogens with one attached hydrogen (secondary N) is 1. The molecular weight excluding hydrogens is 390 g/mol. The van der Waals surface area contributed by atoms with E-state index >= 15 is 0 Å². The molecule has 5 rings (SSSR count). The Morgan fingerprint density at radius 1 is 1.06 bits per heavy atom. The van der Waals surface area contributed by atoms with E-state index in [4.69, 9.17) is 9.47 Å². The van der Waals surface area contributed by atoms with Crippen LogP contribution in [-0.4, -0.2) is 41.5 Å². The van der Waals surface area contributed by atoms with Crippen LogP contribution in [-0.2, 0) is 6.42 Å². The molecule has 0 saturated carbocycles. The first-order valence-electron chi connectivity index (χ1n) is 10.2. The fourth-order valence-corrected chi connectivity index (χ4v) is 4.48. The van der Waals surface area contributed by atoms with Gasteiger partial charge in [-0.1, -0.05) is 24.3 Å². The van der Waals surface area contributed by atoms with E-state index in [1.807, 2.05) is 29.3 Å². The third kappa shape index (κ3) is 3.20. The van der Waals surface area contributed by atoms with Gasteiger partial charge < -0.3 is 19.4 Å². The number of rotatable bonds is 4. The number of fused-ring (bicyclic) bond motifs is 3. The van der Waals surface area contributed by atoms with Crippen molar-refractivity contribution in [3.63, 3.8) is 0 Å². The van der Waals surface area contributed by atoms with Gasteiger partial charge in [0.2, 0.25) is 0 Å². The SMILES string of the molecule is COc1ccc(C(=O)N2CCc3c([nH]c4ccccc34)[C@@H]2c2cccnc2)cc1OC. The highest BCUT2D eigenvalue weighted by atomic mass is 16.5. The van der Waals surface area contributed by atoms with Gasteiger partial charge in [0.1, 0.15) is 0 Å². The molecule has 3 heterocycles. The highest BCUT2D eigenvalue weighted by molar-refractivity contribution is 5.96. The molecule has 31 heavy (non-hydrogen) atoms. The smallest absolute Gasteiger partial charge is 0.254 e. The van der Waals surface area contributed by atoms with E-state index in [2.05, 4.69) is 28.2 Å². The number of methoxy groups -OCH3 is 2. The monoisotopic (exact) mass is 413 g/mol. The van der Waals surface area contributed by atoms with Gasteiger partial charge in [0.05, 0.1) is 20.3 Å². The van der Waals surface area contributed by atoms with Crippen LogP contribution in [0.2, 0.25) is 0 Å². The summed E-state index contributed by atoms with van der Waals surface area (Å²) < 4.78 is 10.7. The number of hydrogen-bond donors (Lipinski definition) is 1. The molecule has 0 aliphatic carbocycles. The summed E-state index contributed by atoms with van der Waals surface area (Å²) in [4.78, 5) is 23.5. The molecule has 1 aliphatic rings. The van der Waals surface area contributed by atoms with Crippen LogP contribution in [0.4, 0.5) is 0 Å². The first-order valence-corrected chi connectivity index (χ1v) is 10.2. The van der Waals surface area contributed by atoms with Crippen LogP contribution in [0.15, 0.2) is 67.0 Å². The maximum atomic E-state index is 13.7. The summed E-state index contributed by atoms with van der Waals surface area (Å²) in [6.45, 7) is 0.613. The van der Waals surface area contributed by atoms with Gasteiger partial charge in [-0.25, -0.2) is 0 Å². The largest absolute Gasteiger partial charge is 0.493 e. The Bertz CT molecular complexity index is 1250. The third-order valence-corrected chi connectivity index (χ3v) is 5.93. The predicted octanol–water partition coefficient (Wildman–Crippen LogP) is 4.37. The summed E-state index contributed by atoms with van der Waals surface area (Å²) in [5.74, 6) is 1.08. The maximum Gasteiger partial charge on any atom is 0.254 e. The van der Waals surface area contributed by atoms with Crippen LogP contribution in [0.25, 0.3) is 10.9 Å². The fraction of sp³-hybridized carbons (Fsp3) is 0.200. The molecule has 156 valence electrons. The number of hydrogen-bond acceptors (Lipinski definition) is 4. The van der Waals surface area contributed by atoms with E-state index < -0.39 is 0 Å². The van der Waals surface area contributed by atoms with Crippen molar-refractivity contribution in [3.05, 3.63) is 89.4 Å². The normalized spacial score (nSPS) is 15.5. The van der Waals surface area contributed by atoms with Gasteiger partial charge >= 0.3 is 0 Å². The van der Waals surface area contributed by atoms with E-state index in [0.717, 1.165) is 23.2 Å². The fourth-order valence-electron chi connectivity index (χ4n) is 4.48. The highest BCUT2D eigenvalue weighted by Crippen LogP contribution is 2.39. The van der Waals surface area contributed by atoms with Gasteiger partial charge in [0, 0.05) is 41.1 Å². The van der Waals surface area contributed by atoms with Crippen LogP contribution >= 0.6 is 0 Å². The number of amides is 1. The molecule has 6 heteroatoms. The van der Waals surface area contributed by atoms with Crippen molar-refractivity contribution >= 4 is 16.8 Å². The Hall–Kier alpha value is -3.80. The zero-order chi connectivity index (χ0) is 21.4. The second kappa shape index (κ2) is 7.80. The molecule has 0 radical (unpaired) electrons. The number of carbonyl (C=O) groups is 1. The van der Waals surface area contributed by atoms with Gasteiger partial charge in [0.25, 0.3) is 5.91 Å². The third-order valence-electron chi connectivity index (χ3n) is 5.93. The number of carbonyl (C=O) groups excluding carboxylic acids is 1. The standard InChI is InChI=1S/C25H23N3O3/c1-30-21-10-9-16(14-22(21)31-2)25(29)28-13-11-19-18-7-3-4-8-20(18)27-23(19)24(28)17-6-5-12-26-15-17/h3-10,12,14-15,24,27H,11,13H2,1-2H3/t24-/m0/s1. The minimum absolute atomic E-state index is 0.0564. The Morgan fingerprint density at radius 3 is 2.68 bits per heavy atom. The zero-order valence-electron chi connectivity index (χ0n) is 17.5. The molecule has 1 N–H and O–H groups in total. The number of benzene rings is 2. The number of aromatic nitrogens is 2. The molecule has 2 aromatic carbocycles. The van der Waals surface area contributed by atoms with Crippen LogP contribution in [0.1, 0.15) is 33.2 Å². The second-order valence-electron chi connectivity index (χ2n) is 7.57. The Kier molecular flexibility index (Phi) is 4.82. The summed E-state index contributed by atoms with van der Waals surface area (Å²) in [7, 11) is 3.15. The molecule has 1 atom stereocenters. The van der Waals surface area contributed by atoms with Gasteiger partial charge in [-0.05, 0) is 47.9 Å². The van der Waals surface area contributed by atoms with Gasteiger partial charge in [-0.2, -0.15) is 0 Å². The molecule has 2 aromatic heterocycles. The van der Waals surface area contributed by atoms with Gasteiger partial charge in [0.15, 0.2) is 11.5 Å². The van der Waals surface area contributed by atoms with Crippen molar-refractivity contribution < 1.29 is 14.3 Å². The lowest BCUT2D eigenvalue weighted by atomic mass is 9.92. The van der Waals surface area contributed by atoms with Crippen molar-refractivity contribution in [2.75, 3.05) is 20.8 Å². The molecule has 1 aliphatic heterocycles. The zero-order valence-corrected chi connectivity index (χ0v) is 17.5. The number of nitrogens with zero attached hydrogens (tertiary/aromatic N) is 2. The van der Waals surface area contributed by atoms with Crippen molar-refractivity contribution in [2.45, 2.75) is 12.5 Å². The van der Waals surface area contributed by atoms with Crippen LogP contribution in [0.5, 0.6) is 11.5 Å². The average Bonchev–Trinajstić information content (AvgIpc) is 3.21. The minimum Gasteiger partial charge on any atom is -0.493 e. The lowest BCUT2D eigenvalue weighted by molar-refractivity contribution is 0.0691. The number of ether oxygens (including phenoxy) is 2. The number of pyridine rings is 1. The van der Waals surface area contributed by atoms with Crippen molar-refractivity contribution in [3.8, 4) is 11.5 Å².